The molecule has 0 amide bonds. The minimum atomic E-state index is -0.355. The Labute approximate surface area is 183 Å². The minimum Gasteiger partial charge on any atom is -0.421 e. The van der Waals surface area contributed by atoms with Crippen molar-refractivity contribution in [1.29, 1.82) is 0 Å². The first-order chi connectivity index (χ1) is 15.5. The number of H-pyrrole nitrogens is 1. The fourth-order valence-corrected chi connectivity index (χ4v) is 3.78. The molecule has 4 aromatic rings. The Morgan fingerprint density at radius 1 is 1.25 bits per heavy atom. The van der Waals surface area contributed by atoms with Crippen molar-refractivity contribution in [3.05, 3.63) is 47.3 Å². The number of aryl methyl sites for hydroxylation is 1. The quantitative estimate of drug-likeness (QED) is 0.410. The SMILES string of the molecule is CNc1cc(F)cc2c1[nH]c1nc(Oc3cnc(C)nc3)nc(N3CC(=C(C)CO)C3)c12. The number of anilines is 2. The van der Waals surface area contributed by atoms with Gasteiger partial charge in [-0.05, 0) is 37.1 Å². The average Bonchev–Trinajstić information content (AvgIpc) is 3.11. The van der Waals surface area contributed by atoms with E-state index in [-0.39, 0.29) is 18.4 Å². The van der Waals surface area contributed by atoms with Crippen LogP contribution in [0.15, 0.2) is 35.7 Å². The van der Waals surface area contributed by atoms with Gasteiger partial charge in [-0.2, -0.15) is 9.97 Å². The van der Waals surface area contributed by atoms with Crippen molar-refractivity contribution < 1.29 is 14.2 Å². The number of aliphatic hydroxyl groups excluding tert-OH is 1. The van der Waals surface area contributed by atoms with Crippen LogP contribution in [-0.4, -0.2) is 56.8 Å². The third-order valence-corrected chi connectivity index (χ3v) is 5.62. The lowest BCUT2D eigenvalue weighted by Gasteiger charge is -2.36. The van der Waals surface area contributed by atoms with Crippen LogP contribution in [0.25, 0.3) is 21.9 Å². The molecule has 1 aromatic carbocycles. The van der Waals surface area contributed by atoms with Gasteiger partial charge in [0.2, 0.25) is 0 Å². The number of ether oxygens (including phenoxy) is 1. The number of fused-ring (bicyclic) bond motifs is 3. The first kappa shape index (κ1) is 20.1. The lowest BCUT2D eigenvalue weighted by atomic mass is 10.0. The summed E-state index contributed by atoms with van der Waals surface area (Å²) in [6.07, 6.45) is 3.12. The van der Waals surface area contributed by atoms with Crippen molar-refractivity contribution in [2.75, 3.05) is 37.0 Å². The zero-order chi connectivity index (χ0) is 22.4. The van der Waals surface area contributed by atoms with Crippen LogP contribution in [0.4, 0.5) is 15.9 Å². The second kappa shape index (κ2) is 7.72. The average molecular weight is 435 g/mol. The summed E-state index contributed by atoms with van der Waals surface area (Å²) in [6.45, 7) is 4.96. The molecule has 9 nitrogen and oxygen atoms in total. The molecule has 5 rings (SSSR count). The van der Waals surface area contributed by atoms with Crippen molar-refractivity contribution in [3.8, 4) is 11.8 Å². The maximum atomic E-state index is 14.3. The lowest BCUT2D eigenvalue weighted by molar-refractivity contribution is 0.328. The van der Waals surface area contributed by atoms with Crippen LogP contribution in [0.1, 0.15) is 12.7 Å². The number of aliphatic hydroxyl groups is 1. The molecule has 4 heterocycles. The first-order valence-corrected chi connectivity index (χ1v) is 10.2. The summed E-state index contributed by atoms with van der Waals surface area (Å²) in [4.78, 5) is 22.8. The van der Waals surface area contributed by atoms with E-state index in [9.17, 15) is 9.50 Å². The number of nitrogens with one attached hydrogen (secondary N) is 2. The Balaban J connectivity index is 1.67. The van der Waals surface area contributed by atoms with Crippen LogP contribution in [0.3, 0.4) is 0 Å². The van der Waals surface area contributed by atoms with Gasteiger partial charge in [-0.1, -0.05) is 0 Å². The largest absolute Gasteiger partial charge is 0.421 e. The van der Waals surface area contributed by atoms with Crippen LogP contribution < -0.4 is 15.0 Å². The number of aromatic nitrogens is 5. The van der Waals surface area contributed by atoms with E-state index in [2.05, 4.69) is 30.2 Å². The smallest absolute Gasteiger partial charge is 0.326 e. The standard InChI is InChI=1S/C22H22FN7O2/c1-11(10-31)13-8-30(9-13)21-18-16-4-14(23)5-17(24-3)19(16)27-20(18)28-22(29-21)32-15-6-25-12(2)26-7-15/h4-7,24,31H,8-10H2,1-3H3,(H,27,28,29). The summed E-state index contributed by atoms with van der Waals surface area (Å²) in [5.41, 5.74) is 3.99. The van der Waals surface area contributed by atoms with Crippen molar-refractivity contribution in [2.45, 2.75) is 13.8 Å². The second-order valence-electron chi connectivity index (χ2n) is 7.77. The number of rotatable bonds is 5. The molecule has 1 saturated heterocycles. The van der Waals surface area contributed by atoms with Gasteiger partial charge < -0.3 is 25.0 Å². The Bertz CT molecular complexity index is 1360. The maximum Gasteiger partial charge on any atom is 0.326 e. The summed E-state index contributed by atoms with van der Waals surface area (Å²) in [7, 11) is 1.74. The number of halogens is 1. The predicted molar refractivity (Wildman–Crippen MR) is 120 cm³/mol. The molecule has 164 valence electrons. The highest BCUT2D eigenvalue weighted by molar-refractivity contribution is 6.14. The van der Waals surface area contributed by atoms with E-state index in [4.69, 9.17) is 4.74 Å². The highest BCUT2D eigenvalue weighted by atomic mass is 19.1. The highest BCUT2D eigenvalue weighted by Gasteiger charge is 2.28. The molecule has 3 aromatic heterocycles. The molecule has 3 N–H and O–H groups in total. The molecule has 0 saturated carbocycles. The van der Waals surface area contributed by atoms with Gasteiger partial charge >= 0.3 is 6.01 Å². The molecular formula is C22H22FN7O2. The van der Waals surface area contributed by atoms with E-state index in [1.54, 1.807) is 26.4 Å². The highest BCUT2D eigenvalue weighted by Crippen LogP contribution is 2.39. The molecule has 0 spiro atoms. The second-order valence-corrected chi connectivity index (χ2v) is 7.77. The fraction of sp³-hybridized carbons (Fsp3) is 0.273. The molecule has 0 bridgehead atoms. The van der Waals surface area contributed by atoms with Crippen LogP contribution >= 0.6 is 0 Å². The zero-order valence-electron chi connectivity index (χ0n) is 17.9. The Hall–Kier alpha value is -3.79. The predicted octanol–water partition coefficient (Wildman–Crippen LogP) is 3.31. The third kappa shape index (κ3) is 3.38. The van der Waals surface area contributed by atoms with Gasteiger partial charge in [0.25, 0.3) is 0 Å². The topological polar surface area (TPSA) is 112 Å². The molecule has 0 unspecified atom stereocenters. The van der Waals surface area contributed by atoms with Crippen LogP contribution in [-0.2, 0) is 0 Å². The summed E-state index contributed by atoms with van der Waals surface area (Å²) < 4.78 is 20.2. The van der Waals surface area contributed by atoms with Crippen LogP contribution in [0.2, 0.25) is 0 Å². The fourth-order valence-electron chi connectivity index (χ4n) is 3.78. The monoisotopic (exact) mass is 435 g/mol. The third-order valence-electron chi connectivity index (χ3n) is 5.62. The molecule has 1 aliphatic rings. The van der Waals surface area contributed by atoms with E-state index in [0.717, 1.165) is 16.7 Å². The van der Waals surface area contributed by atoms with E-state index in [1.165, 1.54) is 12.1 Å². The van der Waals surface area contributed by atoms with Gasteiger partial charge in [-0.25, -0.2) is 14.4 Å². The van der Waals surface area contributed by atoms with E-state index < -0.39 is 0 Å². The van der Waals surface area contributed by atoms with Gasteiger partial charge in [0.15, 0.2) is 5.75 Å². The zero-order valence-corrected chi connectivity index (χ0v) is 17.9. The lowest BCUT2D eigenvalue weighted by Crippen LogP contribution is -2.41. The summed E-state index contributed by atoms with van der Waals surface area (Å²) in [6, 6.07) is 3.04. The summed E-state index contributed by atoms with van der Waals surface area (Å²) >= 11 is 0. The van der Waals surface area contributed by atoms with Gasteiger partial charge in [0.05, 0.1) is 35.6 Å². The van der Waals surface area contributed by atoms with Gasteiger partial charge in [0, 0.05) is 25.5 Å². The van der Waals surface area contributed by atoms with E-state index in [1.807, 2.05) is 11.8 Å². The molecule has 1 fully saturated rings. The Morgan fingerprint density at radius 3 is 2.69 bits per heavy atom. The number of aromatic amines is 1. The molecule has 0 radical (unpaired) electrons. The van der Waals surface area contributed by atoms with Crippen molar-refractivity contribution >= 4 is 33.4 Å². The summed E-state index contributed by atoms with van der Waals surface area (Å²) in [5.74, 6) is 1.32. The molecule has 1 aliphatic heterocycles. The normalized spacial score (nSPS) is 13.5. The molecule has 32 heavy (non-hydrogen) atoms. The number of hydrogen-bond acceptors (Lipinski definition) is 8. The van der Waals surface area contributed by atoms with Gasteiger partial charge in [-0.3, -0.25) is 0 Å². The number of benzene rings is 1. The molecule has 10 heteroatoms. The number of nitrogens with zero attached hydrogens (tertiary/aromatic N) is 5. The maximum absolute atomic E-state index is 14.3. The van der Waals surface area contributed by atoms with Gasteiger partial charge in [0.1, 0.15) is 23.1 Å². The number of hydrogen-bond donors (Lipinski definition) is 3. The van der Waals surface area contributed by atoms with Crippen LogP contribution in [0, 0.1) is 12.7 Å². The Kier molecular flexibility index (Phi) is 4.86. The van der Waals surface area contributed by atoms with Crippen molar-refractivity contribution in [1.82, 2.24) is 24.9 Å². The van der Waals surface area contributed by atoms with Crippen molar-refractivity contribution in [2.24, 2.45) is 0 Å². The van der Waals surface area contributed by atoms with Crippen LogP contribution in [0.5, 0.6) is 11.8 Å². The van der Waals surface area contributed by atoms with Crippen molar-refractivity contribution in [3.63, 3.8) is 0 Å². The molecular weight excluding hydrogens is 413 g/mol. The minimum absolute atomic E-state index is 0.0218. The Morgan fingerprint density at radius 2 is 2.00 bits per heavy atom. The van der Waals surface area contributed by atoms with E-state index >= 15 is 0 Å². The first-order valence-electron chi connectivity index (χ1n) is 10.2. The summed E-state index contributed by atoms with van der Waals surface area (Å²) in [5, 5.41) is 13.9. The van der Waals surface area contributed by atoms with Gasteiger partial charge in [-0.15, -0.1) is 0 Å². The molecule has 0 aliphatic carbocycles. The molecule has 0 atom stereocenters. The van der Waals surface area contributed by atoms with E-state index in [0.29, 0.717) is 52.6 Å².